The number of halogens is 3. The molecule has 0 radical (unpaired) electrons. The summed E-state index contributed by atoms with van der Waals surface area (Å²) in [5.74, 6) is -0.836. The predicted molar refractivity (Wildman–Crippen MR) is 116 cm³/mol. The largest absolute Gasteiger partial charge is 0.506 e. The van der Waals surface area contributed by atoms with E-state index in [0.717, 1.165) is 12.4 Å². The number of phenolic OH excluding ortho intramolecular Hbond substituents is 1. The summed E-state index contributed by atoms with van der Waals surface area (Å²) in [4.78, 5) is 14.1. The summed E-state index contributed by atoms with van der Waals surface area (Å²) in [7, 11) is -0.917. The molecule has 0 fully saturated rings. The van der Waals surface area contributed by atoms with Crippen LogP contribution in [0.15, 0.2) is 46.2 Å². The Bertz CT molecular complexity index is 1110. The van der Waals surface area contributed by atoms with E-state index in [1.807, 2.05) is 0 Å². The van der Waals surface area contributed by atoms with Gasteiger partial charge in [-0.1, -0.05) is 40.9 Å². The van der Waals surface area contributed by atoms with Gasteiger partial charge in [0.15, 0.2) is 5.78 Å². The van der Waals surface area contributed by atoms with Gasteiger partial charge in [-0.25, -0.2) is 0 Å². The van der Waals surface area contributed by atoms with E-state index in [9.17, 15) is 18.3 Å². The van der Waals surface area contributed by atoms with Crippen molar-refractivity contribution in [1.29, 1.82) is 0 Å². The topological polar surface area (TPSA) is 87.0 Å². The maximum absolute atomic E-state index is 13.0. The first kappa shape index (κ1) is 23.2. The zero-order chi connectivity index (χ0) is 21.9. The van der Waals surface area contributed by atoms with Crippen molar-refractivity contribution < 1.29 is 18.3 Å². The van der Waals surface area contributed by atoms with Gasteiger partial charge in [-0.2, -0.15) is 8.42 Å². The fraction of sp³-hybridized carbons (Fsp3) is 0.158. The summed E-state index contributed by atoms with van der Waals surface area (Å²) < 4.78 is 28.5. The normalized spacial score (nSPS) is 11.6. The van der Waals surface area contributed by atoms with Gasteiger partial charge >= 0.3 is 0 Å². The number of hydrogen-bond donors (Lipinski definition) is 1. The van der Waals surface area contributed by atoms with Crippen molar-refractivity contribution in [3.05, 3.63) is 68.7 Å². The van der Waals surface area contributed by atoms with E-state index in [-0.39, 0.29) is 43.3 Å². The molecule has 0 amide bonds. The summed E-state index contributed by atoms with van der Waals surface area (Å²) >= 11 is 18.2. The molecule has 10 heteroatoms. The quantitative estimate of drug-likeness (QED) is 0.274. The molecule has 0 saturated heterocycles. The molecule has 1 N–H and O–H groups in total. The third-order valence-electron chi connectivity index (χ3n) is 3.76. The lowest BCUT2D eigenvalue weighted by atomic mass is 9.99. The Labute approximate surface area is 184 Å². The number of sulfonamides is 1. The second-order valence-electron chi connectivity index (χ2n) is 6.19. The molecule has 0 aromatic heterocycles. The maximum atomic E-state index is 13.0. The molecule has 2 aromatic rings. The van der Waals surface area contributed by atoms with Crippen LogP contribution in [-0.2, 0) is 16.4 Å². The number of aromatic hydroxyl groups is 1. The third-order valence-corrected chi connectivity index (χ3v) is 6.32. The molecular formula is C19H17Cl3N2O4S. The summed E-state index contributed by atoms with van der Waals surface area (Å²) in [5.41, 5.74) is 0.380. The van der Waals surface area contributed by atoms with Gasteiger partial charge in [-0.05, 0) is 30.7 Å². The van der Waals surface area contributed by atoms with Gasteiger partial charge in [0.2, 0.25) is 0 Å². The Morgan fingerprint density at radius 1 is 1.21 bits per heavy atom. The standard InChI is InChI=1S/C19H17Cl3N2O4S/c1-4-5-11-8-13(16(21)17(22)19(11)26)18(25)12-6-7-14(20)15(9-12)29(27,28)23-10-24(2)3/h4,6-10,26H,1,5H2,2-3H3/b23-10+. The molecule has 0 bridgehead atoms. The summed E-state index contributed by atoms with van der Waals surface area (Å²) in [5, 5.41) is 9.68. The molecule has 0 aliphatic heterocycles. The van der Waals surface area contributed by atoms with Crippen LogP contribution in [0.5, 0.6) is 5.75 Å². The van der Waals surface area contributed by atoms with E-state index < -0.39 is 15.8 Å². The second kappa shape index (κ2) is 9.17. The van der Waals surface area contributed by atoms with Gasteiger partial charge in [0.25, 0.3) is 10.0 Å². The number of hydrogen-bond acceptors (Lipinski definition) is 4. The summed E-state index contributed by atoms with van der Waals surface area (Å²) in [6.07, 6.45) is 2.89. The molecule has 0 spiro atoms. The van der Waals surface area contributed by atoms with E-state index in [2.05, 4.69) is 11.0 Å². The summed E-state index contributed by atoms with van der Waals surface area (Å²) in [6, 6.07) is 5.16. The Morgan fingerprint density at radius 3 is 2.45 bits per heavy atom. The van der Waals surface area contributed by atoms with Crippen LogP contribution >= 0.6 is 34.8 Å². The third kappa shape index (κ3) is 5.11. The van der Waals surface area contributed by atoms with E-state index in [4.69, 9.17) is 34.8 Å². The fourth-order valence-electron chi connectivity index (χ4n) is 2.36. The van der Waals surface area contributed by atoms with Crippen LogP contribution < -0.4 is 0 Å². The van der Waals surface area contributed by atoms with Crippen LogP contribution in [0.3, 0.4) is 0 Å². The molecule has 0 saturated carbocycles. The van der Waals surface area contributed by atoms with Gasteiger partial charge in [-0.15, -0.1) is 11.0 Å². The lowest BCUT2D eigenvalue weighted by Gasteiger charge is -2.12. The number of phenols is 1. The van der Waals surface area contributed by atoms with Crippen molar-refractivity contribution in [3.8, 4) is 5.75 Å². The molecule has 0 atom stereocenters. The Morgan fingerprint density at radius 2 is 1.86 bits per heavy atom. The van der Waals surface area contributed by atoms with Crippen molar-refractivity contribution in [3.63, 3.8) is 0 Å². The Kier molecular flexibility index (Phi) is 7.35. The number of benzene rings is 2. The van der Waals surface area contributed by atoms with Crippen LogP contribution in [0.25, 0.3) is 0 Å². The molecule has 154 valence electrons. The van der Waals surface area contributed by atoms with Crippen LogP contribution in [0.1, 0.15) is 21.5 Å². The van der Waals surface area contributed by atoms with Crippen LogP contribution in [-0.4, -0.2) is 44.6 Å². The molecule has 2 rings (SSSR count). The van der Waals surface area contributed by atoms with E-state index in [1.54, 1.807) is 14.1 Å². The van der Waals surface area contributed by atoms with E-state index >= 15 is 0 Å². The highest BCUT2D eigenvalue weighted by atomic mass is 35.5. The highest BCUT2D eigenvalue weighted by Crippen LogP contribution is 2.38. The second-order valence-corrected chi connectivity index (χ2v) is 8.95. The maximum Gasteiger partial charge on any atom is 0.285 e. The molecule has 6 nitrogen and oxygen atoms in total. The zero-order valence-electron chi connectivity index (χ0n) is 15.5. The first-order valence-corrected chi connectivity index (χ1v) is 10.7. The zero-order valence-corrected chi connectivity index (χ0v) is 18.6. The summed E-state index contributed by atoms with van der Waals surface area (Å²) in [6.45, 7) is 3.59. The first-order chi connectivity index (χ1) is 13.5. The van der Waals surface area contributed by atoms with Crippen LogP contribution in [0, 0.1) is 0 Å². The predicted octanol–water partition coefficient (Wildman–Crippen LogP) is 4.59. The van der Waals surface area contributed by atoms with Gasteiger partial charge in [0.1, 0.15) is 22.0 Å². The average molecular weight is 476 g/mol. The average Bonchev–Trinajstić information content (AvgIpc) is 2.66. The smallest absolute Gasteiger partial charge is 0.285 e. The SMILES string of the molecule is C=CCc1cc(C(=O)c2ccc(Cl)c(S(=O)(=O)/N=C/N(C)C)c2)c(Cl)c(Cl)c1O. The van der Waals surface area contributed by atoms with E-state index in [1.165, 1.54) is 29.2 Å². The number of carbonyl (C=O) groups is 1. The first-order valence-electron chi connectivity index (χ1n) is 8.11. The van der Waals surface area contributed by atoms with Gasteiger partial charge < -0.3 is 10.0 Å². The minimum atomic E-state index is -4.13. The number of allylic oxidation sites excluding steroid dienone is 1. The number of carbonyl (C=O) groups excluding carboxylic acids is 1. The lowest BCUT2D eigenvalue weighted by molar-refractivity contribution is 0.103. The van der Waals surface area contributed by atoms with Crippen LogP contribution in [0.4, 0.5) is 0 Å². The van der Waals surface area contributed by atoms with E-state index in [0.29, 0.717) is 5.56 Å². The molecule has 0 heterocycles. The molecule has 29 heavy (non-hydrogen) atoms. The number of ketones is 1. The van der Waals surface area contributed by atoms with Crippen LogP contribution in [0.2, 0.25) is 15.1 Å². The number of nitrogens with zero attached hydrogens (tertiary/aromatic N) is 2. The minimum absolute atomic E-state index is 0.00813. The minimum Gasteiger partial charge on any atom is -0.506 e. The molecule has 0 aliphatic rings. The fourth-order valence-corrected chi connectivity index (χ4v) is 4.24. The Balaban J connectivity index is 2.60. The van der Waals surface area contributed by atoms with Crippen molar-refractivity contribution in [2.45, 2.75) is 11.3 Å². The highest BCUT2D eigenvalue weighted by Gasteiger charge is 2.23. The molecule has 0 unspecified atom stereocenters. The molecular weight excluding hydrogens is 459 g/mol. The lowest BCUT2D eigenvalue weighted by Crippen LogP contribution is -2.11. The highest BCUT2D eigenvalue weighted by molar-refractivity contribution is 7.90. The monoisotopic (exact) mass is 474 g/mol. The number of rotatable bonds is 7. The van der Waals surface area contributed by atoms with Gasteiger partial charge in [-0.3, -0.25) is 4.79 Å². The Hall–Kier alpha value is -2.06. The van der Waals surface area contributed by atoms with Crippen molar-refractivity contribution >= 4 is 56.9 Å². The van der Waals surface area contributed by atoms with Crippen molar-refractivity contribution in [1.82, 2.24) is 4.90 Å². The van der Waals surface area contributed by atoms with Crippen molar-refractivity contribution in [2.75, 3.05) is 14.1 Å². The molecule has 2 aromatic carbocycles. The van der Waals surface area contributed by atoms with Gasteiger partial charge in [0.05, 0.1) is 10.0 Å². The van der Waals surface area contributed by atoms with Gasteiger partial charge in [0, 0.05) is 30.8 Å². The van der Waals surface area contributed by atoms with Crippen molar-refractivity contribution in [2.24, 2.45) is 4.40 Å². The molecule has 0 aliphatic carbocycles.